The molecule has 0 amide bonds. The van der Waals surface area contributed by atoms with Crippen molar-refractivity contribution in [1.29, 1.82) is 0 Å². The highest BCUT2D eigenvalue weighted by atomic mass is 19.1. The molecule has 122 valence electrons. The molecule has 0 bridgehead atoms. The summed E-state index contributed by atoms with van der Waals surface area (Å²) in [6.07, 6.45) is 0.907. The minimum absolute atomic E-state index is 0.279. The average Bonchev–Trinajstić information content (AvgIpc) is 3.16. The van der Waals surface area contributed by atoms with Crippen molar-refractivity contribution in [1.82, 2.24) is 0 Å². The average molecular weight is 325 g/mol. The van der Waals surface area contributed by atoms with Crippen LogP contribution in [0.2, 0.25) is 0 Å². The maximum atomic E-state index is 13.2. The van der Waals surface area contributed by atoms with Crippen molar-refractivity contribution in [3.8, 4) is 11.3 Å². The molecule has 0 aliphatic carbocycles. The Kier molecular flexibility index (Phi) is 3.49. The molecule has 2 aromatic carbocycles. The number of nitrogens with one attached hydrogen (secondary N) is 1. The zero-order valence-electron chi connectivity index (χ0n) is 13.2. The molecule has 0 saturated carbocycles. The maximum absolute atomic E-state index is 13.2. The fraction of sp³-hybridized carbons (Fsp3) is 0.211. The topological polar surface area (TPSA) is 51.5 Å². The zero-order chi connectivity index (χ0) is 16.7. The Bertz CT molecular complexity index is 928. The molecule has 0 radical (unpaired) electrons. The lowest BCUT2D eigenvalue weighted by atomic mass is 10.0. The van der Waals surface area contributed by atoms with E-state index >= 15 is 0 Å². The van der Waals surface area contributed by atoms with Crippen LogP contribution in [0.5, 0.6) is 0 Å². The lowest BCUT2D eigenvalue weighted by Crippen LogP contribution is -2.05. The molecular weight excluding hydrogens is 309 g/mol. The van der Waals surface area contributed by atoms with E-state index in [0.29, 0.717) is 22.5 Å². The van der Waals surface area contributed by atoms with E-state index in [1.807, 2.05) is 12.1 Å². The number of furan rings is 1. The summed E-state index contributed by atoms with van der Waals surface area (Å²) in [4.78, 5) is 12.5. The Labute approximate surface area is 138 Å². The van der Waals surface area contributed by atoms with Crippen molar-refractivity contribution < 1.29 is 18.3 Å². The number of esters is 1. The van der Waals surface area contributed by atoms with Crippen LogP contribution in [0.1, 0.15) is 22.8 Å². The van der Waals surface area contributed by atoms with Crippen LogP contribution in [0.4, 0.5) is 10.1 Å². The summed E-state index contributed by atoms with van der Waals surface area (Å²) in [6, 6.07) is 9.78. The lowest BCUT2D eigenvalue weighted by molar-refractivity contribution is 0.0529. The van der Waals surface area contributed by atoms with Crippen molar-refractivity contribution in [2.45, 2.75) is 13.3 Å². The van der Waals surface area contributed by atoms with Gasteiger partial charge >= 0.3 is 5.97 Å². The van der Waals surface area contributed by atoms with Gasteiger partial charge in [0.2, 0.25) is 0 Å². The first kappa shape index (κ1) is 14.8. The number of fused-ring (bicyclic) bond motifs is 2. The SMILES string of the molecule is CCOC(=O)c1c(-c2ccc(F)cc2)oc2cc3c(cc12)CCN3. The van der Waals surface area contributed by atoms with Crippen molar-refractivity contribution in [3.63, 3.8) is 0 Å². The number of rotatable bonds is 3. The summed E-state index contributed by atoms with van der Waals surface area (Å²) in [5, 5.41) is 4.03. The normalized spacial score (nSPS) is 12.9. The van der Waals surface area contributed by atoms with E-state index in [9.17, 15) is 9.18 Å². The Balaban J connectivity index is 1.96. The standard InChI is InChI=1S/C19H16FNO3/c1-2-23-19(22)17-14-9-12-7-8-21-15(12)10-16(14)24-18(17)11-3-5-13(20)6-4-11/h3-6,9-10,21H,2,7-8H2,1H3. The van der Waals surface area contributed by atoms with Gasteiger partial charge in [0.25, 0.3) is 0 Å². The number of carbonyl (C=O) groups excluding carboxylic acids is 1. The lowest BCUT2D eigenvalue weighted by Gasteiger charge is -2.04. The second kappa shape index (κ2) is 5.67. The first-order valence-electron chi connectivity index (χ1n) is 7.93. The van der Waals surface area contributed by atoms with E-state index < -0.39 is 5.97 Å². The summed E-state index contributed by atoms with van der Waals surface area (Å²) >= 11 is 0. The number of ether oxygens (including phenoxy) is 1. The van der Waals surface area contributed by atoms with Crippen molar-refractivity contribution >= 4 is 22.6 Å². The summed E-state index contributed by atoms with van der Waals surface area (Å²) in [6.45, 7) is 2.92. The number of hydrogen-bond donors (Lipinski definition) is 1. The smallest absolute Gasteiger partial charge is 0.342 e. The van der Waals surface area contributed by atoms with Crippen LogP contribution in [0.15, 0.2) is 40.8 Å². The van der Waals surface area contributed by atoms with E-state index in [1.165, 1.54) is 12.1 Å². The van der Waals surface area contributed by atoms with Crippen molar-refractivity contribution in [2.24, 2.45) is 0 Å². The fourth-order valence-electron chi connectivity index (χ4n) is 3.10. The van der Waals surface area contributed by atoms with Gasteiger partial charge < -0.3 is 14.5 Å². The van der Waals surface area contributed by atoms with Crippen LogP contribution < -0.4 is 5.32 Å². The largest absolute Gasteiger partial charge is 0.462 e. The van der Waals surface area contributed by atoms with Gasteiger partial charge in [-0.25, -0.2) is 9.18 Å². The van der Waals surface area contributed by atoms with E-state index in [0.717, 1.165) is 29.6 Å². The van der Waals surface area contributed by atoms with E-state index in [-0.39, 0.29) is 12.4 Å². The van der Waals surface area contributed by atoms with Gasteiger partial charge in [-0.05, 0) is 49.2 Å². The molecule has 4 rings (SSSR count). The number of carbonyl (C=O) groups is 1. The molecule has 4 nitrogen and oxygen atoms in total. The van der Waals surface area contributed by atoms with Gasteiger partial charge in [0.15, 0.2) is 0 Å². The van der Waals surface area contributed by atoms with Gasteiger partial charge in [-0.2, -0.15) is 0 Å². The Morgan fingerprint density at radius 3 is 2.83 bits per heavy atom. The minimum atomic E-state index is -0.429. The van der Waals surface area contributed by atoms with Crippen LogP contribution in [0.3, 0.4) is 0 Å². The molecule has 1 N–H and O–H groups in total. The van der Waals surface area contributed by atoms with Crippen molar-refractivity contribution in [2.75, 3.05) is 18.5 Å². The molecule has 24 heavy (non-hydrogen) atoms. The predicted molar refractivity (Wildman–Crippen MR) is 89.8 cm³/mol. The third-order valence-electron chi connectivity index (χ3n) is 4.21. The predicted octanol–water partition coefficient (Wildman–Crippen LogP) is 4.38. The van der Waals surface area contributed by atoms with Crippen LogP contribution >= 0.6 is 0 Å². The van der Waals surface area contributed by atoms with Gasteiger partial charge in [-0.1, -0.05) is 0 Å². The number of hydrogen-bond acceptors (Lipinski definition) is 4. The molecule has 1 aliphatic rings. The first-order valence-corrected chi connectivity index (χ1v) is 7.93. The third kappa shape index (κ3) is 2.33. The number of benzene rings is 2. The van der Waals surface area contributed by atoms with Crippen LogP contribution in [0, 0.1) is 5.82 Å². The molecule has 2 heterocycles. The molecule has 5 heteroatoms. The second-order valence-electron chi connectivity index (χ2n) is 5.72. The summed E-state index contributed by atoms with van der Waals surface area (Å²) < 4.78 is 24.4. The van der Waals surface area contributed by atoms with Gasteiger partial charge in [0.1, 0.15) is 22.7 Å². The Hall–Kier alpha value is -2.82. The molecule has 3 aromatic rings. The second-order valence-corrected chi connectivity index (χ2v) is 5.72. The zero-order valence-corrected chi connectivity index (χ0v) is 13.2. The molecule has 1 aliphatic heterocycles. The first-order chi connectivity index (χ1) is 11.7. The molecule has 0 atom stereocenters. The summed E-state index contributed by atoms with van der Waals surface area (Å²) in [5.74, 6) is -0.357. The van der Waals surface area contributed by atoms with Crippen LogP contribution in [0.25, 0.3) is 22.3 Å². The van der Waals surface area contributed by atoms with Crippen molar-refractivity contribution in [3.05, 3.63) is 53.3 Å². The molecule has 0 saturated heterocycles. The molecule has 1 aromatic heterocycles. The van der Waals surface area contributed by atoms with E-state index in [4.69, 9.17) is 9.15 Å². The van der Waals surface area contributed by atoms with Crippen LogP contribution in [-0.4, -0.2) is 19.1 Å². The third-order valence-corrected chi connectivity index (χ3v) is 4.21. The van der Waals surface area contributed by atoms with Gasteiger partial charge in [-0.3, -0.25) is 0 Å². The minimum Gasteiger partial charge on any atom is -0.462 e. The number of anilines is 1. The highest BCUT2D eigenvalue weighted by molar-refractivity contribution is 6.09. The van der Waals surface area contributed by atoms with Gasteiger partial charge in [0.05, 0.1) is 6.61 Å². The molecule has 0 unspecified atom stereocenters. The number of halogens is 1. The highest BCUT2D eigenvalue weighted by Gasteiger charge is 2.25. The van der Waals surface area contributed by atoms with Crippen LogP contribution in [-0.2, 0) is 11.2 Å². The highest BCUT2D eigenvalue weighted by Crippen LogP contribution is 2.38. The summed E-state index contributed by atoms with van der Waals surface area (Å²) in [7, 11) is 0. The molecular formula is C19H16FNO3. The Morgan fingerprint density at radius 2 is 2.08 bits per heavy atom. The summed E-state index contributed by atoms with van der Waals surface area (Å²) in [5.41, 5.74) is 3.83. The monoisotopic (exact) mass is 325 g/mol. The van der Waals surface area contributed by atoms with E-state index in [1.54, 1.807) is 19.1 Å². The quantitative estimate of drug-likeness (QED) is 0.726. The maximum Gasteiger partial charge on any atom is 0.342 e. The van der Waals surface area contributed by atoms with Gasteiger partial charge in [0, 0.05) is 29.2 Å². The van der Waals surface area contributed by atoms with Gasteiger partial charge in [-0.15, -0.1) is 0 Å². The van der Waals surface area contributed by atoms with E-state index in [2.05, 4.69) is 5.32 Å². The molecule has 0 spiro atoms. The Morgan fingerprint density at radius 1 is 1.29 bits per heavy atom. The fourth-order valence-corrected chi connectivity index (χ4v) is 3.10. The molecule has 0 fully saturated rings.